The Labute approximate surface area is 176 Å². The monoisotopic (exact) mass is 555 g/mol. The summed E-state index contributed by atoms with van der Waals surface area (Å²) in [5.74, 6) is 0.619. The Morgan fingerprint density at radius 3 is 2.26 bits per heavy atom. The second-order valence-electron chi connectivity index (χ2n) is 4.94. The predicted molar refractivity (Wildman–Crippen MR) is 107 cm³/mol. The Bertz CT molecular complexity index is 1200. The minimum atomic E-state index is 0.619. The van der Waals surface area contributed by atoms with E-state index in [-0.39, 0.29) is 0 Å². The molecule has 5 aromatic rings. The van der Waals surface area contributed by atoms with Crippen molar-refractivity contribution in [2.45, 2.75) is 0 Å². The van der Waals surface area contributed by atoms with Gasteiger partial charge < -0.3 is 5.32 Å². The highest BCUT2D eigenvalue weighted by molar-refractivity contribution is 9.11. The second kappa shape index (κ2) is 7.66. The number of hydrogen-bond acceptors (Lipinski definition) is 8. The molecule has 14 heteroatoms. The number of halogens is 3. The fourth-order valence-electron chi connectivity index (χ4n) is 2.11. The summed E-state index contributed by atoms with van der Waals surface area (Å²) in [6, 6.07) is 0. The maximum atomic E-state index is 4.29. The van der Waals surface area contributed by atoms with Gasteiger partial charge in [-0.1, -0.05) is 0 Å². The standard InChI is InChI=1S/C8H6BrN7.C5H2Br2N4/c9-6-3-16-8(10-4-13-16)7(15-6)14-5-1-11-12-2-5;6-3-1-11-5(4(7)10-3)8-2-9-11/h1-4H,(H,11,12)(H,14,15);1-2H. The molecule has 5 heterocycles. The highest BCUT2D eigenvalue weighted by Crippen LogP contribution is 2.19. The van der Waals surface area contributed by atoms with E-state index in [1.165, 1.54) is 12.7 Å². The van der Waals surface area contributed by atoms with Gasteiger partial charge >= 0.3 is 0 Å². The van der Waals surface area contributed by atoms with E-state index in [1.807, 2.05) is 0 Å². The van der Waals surface area contributed by atoms with E-state index in [1.54, 1.807) is 33.8 Å². The van der Waals surface area contributed by atoms with Crippen molar-refractivity contribution in [1.29, 1.82) is 0 Å². The van der Waals surface area contributed by atoms with Crippen LogP contribution in [0.15, 0.2) is 51.3 Å². The summed E-state index contributed by atoms with van der Waals surface area (Å²) in [6.07, 6.45) is 9.83. The summed E-state index contributed by atoms with van der Waals surface area (Å²) < 4.78 is 5.36. The molecular formula is C13H8Br3N11. The lowest BCUT2D eigenvalue weighted by Gasteiger charge is -2.03. The molecule has 0 saturated carbocycles. The topological polar surface area (TPSA) is 127 Å². The Kier molecular flexibility index (Phi) is 5.09. The molecule has 0 radical (unpaired) electrons. The fraction of sp³-hybridized carbons (Fsp3) is 0. The summed E-state index contributed by atoms with van der Waals surface area (Å²) in [5.41, 5.74) is 2.19. The highest BCUT2D eigenvalue weighted by Gasteiger charge is 2.07. The summed E-state index contributed by atoms with van der Waals surface area (Å²) in [6.45, 7) is 0. The number of rotatable bonds is 2. The second-order valence-corrected chi connectivity index (χ2v) is 7.31. The smallest absolute Gasteiger partial charge is 0.198 e. The SMILES string of the molecule is Brc1cn2ncnc2c(Br)n1.Brc1cn2ncnc2c(Nc2cn[nH]c2)n1. The predicted octanol–water partition coefficient (Wildman–Crippen LogP) is 3.00. The van der Waals surface area contributed by atoms with Gasteiger partial charge in [0.1, 0.15) is 21.9 Å². The molecule has 0 aliphatic carbocycles. The number of aromatic amines is 1. The molecule has 0 unspecified atom stereocenters. The first-order valence-electron chi connectivity index (χ1n) is 7.23. The molecule has 2 N–H and O–H groups in total. The molecule has 0 spiro atoms. The Morgan fingerprint density at radius 2 is 1.56 bits per heavy atom. The summed E-state index contributed by atoms with van der Waals surface area (Å²) in [7, 11) is 0. The van der Waals surface area contributed by atoms with Crippen LogP contribution in [0.3, 0.4) is 0 Å². The van der Waals surface area contributed by atoms with E-state index in [0.717, 1.165) is 10.3 Å². The molecule has 136 valence electrons. The molecular weight excluding hydrogens is 550 g/mol. The van der Waals surface area contributed by atoms with Gasteiger partial charge in [-0.2, -0.15) is 15.3 Å². The third kappa shape index (κ3) is 3.96. The summed E-state index contributed by atoms with van der Waals surface area (Å²) in [5, 5.41) is 17.6. The highest BCUT2D eigenvalue weighted by atomic mass is 79.9. The van der Waals surface area contributed by atoms with Crippen LogP contribution in [0.2, 0.25) is 0 Å². The maximum absolute atomic E-state index is 4.29. The van der Waals surface area contributed by atoms with Gasteiger partial charge in [-0.3, -0.25) is 5.10 Å². The van der Waals surface area contributed by atoms with Crippen LogP contribution < -0.4 is 5.32 Å². The average molecular weight is 558 g/mol. The van der Waals surface area contributed by atoms with Crippen molar-refractivity contribution in [2.24, 2.45) is 0 Å². The lowest BCUT2D eigenvalue weighted by atomic mass is 10.5. The normalized spacial score (nSPS) is 10.8. The van der Waals surface area contributed by atoms with Crippen molar-refractivity contribution in [1.82, 2.24) is 49.4 Å². The first kappa shape index (κ1) is 17.9. The number of nitrogens with one attached hydrogen (secondary N) is 2. The van der Waals surface area contributed by atoms with Crippen LogP contribution in [0.25, 0.3) is 11.3 Å². The van der Waals surface area contributed by atoms with Crippen LogP contribution in [0.5, 0.6) is 0 Å². The van der Waals surface area contributed by atoms with Gasteiger partial charge in [0.05, 0.1) is 24.3 Å². The van der Waals surface area contributed by atoms with Crippen molar-refractivity contribution < 1.29 is 0 Å². The molecule has 0 bridgehead atoms. The number of nitrogens with zero attached hydrogens (tertiary/aromatic N) is 9. The molecule has 0 amide bonds. The lowest BCUT2D eigenvalue weighted by molar-refractivity contribution is 0.930. The van der Waals surface area contributed by atoms with E-state index in [2.05, 4.69) is 93.4 Å². The van der Waals surface area contributed by atoms with E-state index in [4.69, 9.17) is 0 Å². The molecule has 27 heavy (non-hydrogen) atoms. The average Bonchev–Trinajstić information content (AvgIpc) is 3.35. The first-order chi connectivity index (χ1) is 13.1. The minimum absolute atomic E-state index is 0.619. The Morgan fingerprint density at radius 1 is 0.889 bits per heavy atom. The van der Waals surface area contributed by atoms with Crippen LogP contribution in [-0.4, -0.2) is 49.4 Å². The maximum Gasteiger partial charge on any atom is 0.198 e. The van der Waals surface area contributed by atoms with Crippen molar-refractivity contribution in [3.63, 3.8) is 0 Å². The number of hydrogen-bond donors (Lipinski definition) is 2. The van der Waals surface area contributed by atoms with Crippen LogP contribution >= 0.6 is 47.8 Å². The summed E-state index contributed by atoms with van der Waals surface area (Å²) in [4.78, 5) is 16.5. The quantitative estimate of drug-likeness (QED) is 0.339. The van der Waals surface area contributed by atoms with Gasteiger partial charge in [-0.15, -0.1) is 0 Å². The third-order valence-corrected chi connectivity index (χ3v) is 4.48. The Balaban J connectivity index is 0.000000143. The number of anilines is 2. The van der Waals surface area contributed by atoms with Crippen LogP contribution in [-0.2, 0) is 0 Å². The molecule has 5 aromatic heterocycles. The molecule has 5 rings (SSSR count). The number of fused-ring (bicyclic) bond motifs is 2. The van der Waals surface area contributed by atoms with Crippen molar-refractivity contribution >= 4 is 70.6 Å². The van der Waals surface area contributed by atoms with Crippen LogP contribution in [0.1, 0.15) is 0 Å². The van der Waals surface area contributed by atoms with Gasteiger partial charge in [0.2, 0.25) is 0 Å². The molecule has 11 nitrogen and oxygen atoms in total. The number of H-pyrrole nitrogens is 1. The van der Waals surface area contributed by atoms with Gasteiger partial charge in [-0.05, 0) is 47.8 Å². The van der Waals surface area contributed by atoms with E-state index >= 15 is 0 Å². The van der Waals surface area contributed by atoms with E-state index in [0.29, 0.717) is 26.3 Å². The zero-order valence-electron chi connectivity index (χ0n) is 13.1. The van der Waals surface area contributed by atoms with Crippen LogP contribution in [0, 0.1) is 0 Å². The van der Waals surface area contributed by atoms with Crippen molar-refractivity contribution in [2.75, 3.05) is 5.32 Å². The van der Waals surface area contributed by atoms with Gasteiger partial charge in [0.15, 0.2) is 21.7 Å². The van der Waals surface area contributed by atoms with Crippen LogP contribution in [0.4, 0.5) is 11.5 Å². The van der Waals surface area contributed by atoms with Crippen molar-refractivity contribution in [3.05, 3.63) is 51.3 Å². The zero-order chi connectivity index (χ0) is 18.8. The molecule has 0 saturated heterocycles. The van der Waals surface area contributed by atoms with Gasteiger partial charge in [0, 0.05) is 6.20 Å². The molecule has 0 aromatic carbocycles. The minimum Gasteiger partial charge on any atom is -0.334 e. The molecule has 0 atom stereocenters. The largest absolute Gasteiger partial charge is 0.334 e. The molecule has 0 aliphatic heterocycles. The van der Waals surface area contributed by atoms with E-state index < -0.39 is 0 Å². The lowest BCUT2D eigenvalue weighted by Crippen LogP contribution is -1.98. The Hall–Kier alpha value is -2.45. The van der Waals surface area contributed by atoms with Gasteiger partial charge in [-0.25, -0.2) is 29.0 Å². The first-order valence-corrected chi connectivity index (χ1v) is 9.61. The third-order valence-electron chi connectivity index (χ3n) is 3.18. The van der Waals surface area contributed by atoms with E-state index in [9.17, 15) is 0 Å². The fourth-order valence-corrected chi connectivity index (χ4v) is 3.56. The summed E-state index contributed by atoms with van der Waals surface area (Å²) >= 11 is 9.81. The zero-order valence-corrected chi connectivity index (χ0v) is 17.9. The molecule has 0 fully saturated rings. The number of aromatic nitrogens is 10. The van der Waals surface area contributed by atoms with Gasteiger partial charge in [0.25, 0.3) is 0 Å². The molecule has 0 aliphatic rings. The van der Waals surface area contributed by atoms with Crippen molar-refractivity contribution in [3.8, 4) is 0 Å².